The predicted molar refractivity (Wildman–Crippen MR) is 59.1 cm³/mol. The van der Waals surface area contributed by atoms with Crippen LogP contribution >= 0.6 is 0 Å². The van der Waals surface area contributed by atoms with E-state index in [1.807, 2.05) is 0 Å². The topological polar surface area (TPSA) is 125 Å². The van der Waals surface area contributed by atoms with Gasteiger partial charge in [-0.05, 0) is 6.42 Å². The summed E-state index contributed by atoms with van der Waals surface area (Å²) in [5.74, 6) is -2.44. The lowest BCUT2D eigenvalue weighted by atomic mass is 10.1. The van der Waals surface area contributed by atoms with Crippen LogP contribution in [0.4, 0.5) is 4.79 Å². The van der Waals surface area contributed by atoms with Gasteiger partial charge in [-0.1, -0.05) is 0 Å². The fourth-order valence-electron chi connectivity index (χ4n) is 1.57. The average Bonchev–Trinajstić information content (AvgIpc) is 2.77. The van der Waals surface area contributed by atoms with Crippen molar-refractivity contribution in [2.75, 3.05) is 19.8 Å². The van der Waals surface area contributed by atoms with Crippen LogP contribution in [0, 0.1) is 5.92 Å². The number of rotatable bonds is 6. The van der Waals surface area contributed by atoms with Crippen LogP contribution in [0.1, 0.15) is 12.8 Å². The van der Waals surface area contributed by atoms with Gasteiger partial charge in [-0.15, -0.1) is 0 Å². The smallest absolute Gasteiger partial charge is 0.326 e. The molecule has 1 rings (SSSR count). The van der Waals surface area contributed by atoms with Gasteiger partial charge in [0, 0.05) is 19.1 Å². The second-order valence-electron chi connectivity index (χ2n) is 4.07. The number of hydrogen-bond acceptors (Lipinski definition) is 4. The first-order chi connectivity index (χ1) is 8.49. The van der Waals surface area contributed by atoms with Gasteiger partial charge < -0.3 is 25.6 Å². The molecule has 4 N–H and O–H groups in total. The monoisotopic (exact) mass is 260 g/mol. The normalized spacial score (nSPS) is 20.1. The summed E-state index contributed by atoms with van der Waals surface area (Å²) >= 11 is 0. The second kappa shape index (κ2) is 6.80. The van der Waals surface area contributed by atoms with Gasteiger partial charge in [0.15, 0.2) is 0 Å². The molecule has 0 saturated carbocycles. The maximum atomic E-state index is 11.4. The van der Waals surface area contributed by atoms with E-state index in [1.165, 1.54) is 0 Å². The maximum Gasteiger partial charge on any atom is 0.326 e. The Kier molecular flexibility index (Phi) is 5.37. The van der Waals surface area contributed by atoms with Crippen LogP contribution in [-0.2, 0) is 14.3 Å². The highest BCUT2D eigenvalue weighted by Gasteiger charge is 2.23. The van der Waals surface area contributed by atoms with Crippen molar-refractivity contribution in [1.82, 2.24) is 10.6 Å². The van der Waals surface area contributed by atoms with Gasteiger partial charge in [-0.25, -0.2) is 9.59 Å². The lowest BCUT2D eigenvalue weighted by Crippen LogP contribution is -2.47. The van der Waals surface area contributed by atoms with E-state index in [0.717, 1.165) is 6.42 Å². The highest BCUT2D eigenvalue weighted by molar-refractivity contribution is 5.86. The minimum absolute atomic E-state index is 0.221. The number of carbonyl (C=O) groups excluding carboxylic acids is 1. The standard InChI is InChI=1S/C10H16N2O6/c13-8(14)3-7(9(15)16)12-10(17)11-4-6-1-2-18-5-6/h6-7H,1-5H2,(H,13,14)(H,15,16)(H2,11,12,17). The van der Waals surface area contributed by atoms with Crippen molar-refractivity contribution in [3.63, 3.8) is 0 Å². The van der Waals surface area contributed by atoms with Gasteiger partial charge in [-0.2, -0.15) is 0 Å². The molecular weight excluding hydrogens is 244 g/mol. The minimum Gasteiger partial charge on any atom is -0.481 e. The number of carboxylic acid groups (broad SMARTS) is 2. The fraction of sp³-hybridized carbons (Fsp3) is 0.700. The van der Waals surface area contributed by atoms with Gasteiger partial charge in [0.1, 0.15) is 6.04 Å². The summed E-state index contributed by atoms with van der Waals surface area (Å²) in [5, 5.41) is 21.8. The van der Waals surface area contributed by atoms with Crippen LogP contribution in [0.5, 0.6) is 0 Å². The predicted octanol–water partition coefficient (Wildman–Crippen LogP) is -0.750. The summed E-state index contributed by atoms with van der Waals surface area (Å²) in [7, 11) is 0. The molecule has 1 fully saturated rings. The number of carboxylic acids is 2. The van der Waals surface area contributed by atoms with Crippen LogP contribution in [0.25, 0.3) is 0 Å². The summed E-state index contributed by atoms with van der Waals surface area (Å²) in [6, 6.07) is -2.11. The molecule has 0 aromatic heterocycles. The van der Waals surface area contributed by atoms with E-state index in [1.54, 1.807) is 0 Å². The first kappa shape index (κ1) is 14.2. The Bertz CT molecular complexity index is 326. The number of hydrogen-bond donors (Lipinski definition) is 4. The highest BCUT2D eigenvalue weighted by Crippen LogP contribution is 2.10. The van der Waals surface area contributed by atoms with Gasteiger partial charge in [0.05, 0.1) is 13.0 Å². The molecular formula is C10H16N2O6. The maximum absolute atomic E-state index is 11.4. The molecule has 0 radical (unpaired) electrons. The molecule has 1 heterocycles. The first-order valence-corrected chi connectivity index (χ1v) is 5.55. The Morgan fingerprint density at radius 3 is 2.56 bits per heavy atom. The molecule has 0 bridgehead atoms. The molecule has 0 aromatic rings. The largest absolute Gasteiger partial charge is 0.481 e. The van der Waals surface area contributed by atoms with Crippen molar-refractivity contribution in [2.45, 2.75) is 18.9 Å². The summed E-state index contributed by atoms with van der Waals surface area (Å²) in [6.07, 6.45) is 0.188. The molecule has 0 spiro atoms. The van der Waals surface area contributed by atoms with E-state index in [-0.39, 0.29) is 5.92 Å². The van der Waals surface area contributed by atoms with Crippen molar-refractivity contribution >= 4 is 18.0 Å². The Labute approximate surface area is 103 Å². The third-order valence-corrected chi connectivity index (χ3v) is 2.56. The van der Waals surface area contributed by atoms with Crippen LogP contribution in [0.2, 0.25) is 0 Å². The van der Waals surface area contributed by atoms with Crippen molar-refractivity contribution in [3.8, 4) is 0 Å². The van der Waals surface area contributed by atoms with Crippen molar-refractivity contribution < 1.29 is 29.3 Å². The number of amides is 2. The van der Waals surface area contributed by atoms with E-state index in [9.17, 15) is 14.4 Å². The Morgan fingerprint density at radius 2 is 2.06 bits per heavy atom. The van der Waals surface area contributed by atoms with E-state index < -0.39 is 30.4 Å². The quantitative estimate of drug-likeness (QED) is 0.498. The van der Waals surface area contributed by atoms with E-state index in [4.69, 9.17) is 14.9 Å². The zero-order chi connectivity index (χ0) is 13.5. The van der Waals surface area contributed by atoms with E-state index >= 15 is 0 Å². The van der Waals surface area contributed by atoms with Crippen LogP contribution < -0.4 is 10.6 Å². The molecule has 2 amide bonds. The third-order valence-electron chi connectivity index (χ3n) is 2.56. The molecule has 0 aliphatic carbocycles. The Balaban J connectivity index is 2.31. The lowest BCUT2D eigenvalue weighted by Gasteiger charge is -2.14. The highest BCUT2D eigenvalue weighted by atomic mass is 16.5. The van der Waals surface area contributed by atoms with Crippen LogP contribution in [-0.4, -0.2) is 54.0 Å². The van der Waals surface area contributed by atoms with Gasteiger partial charge in [0.25, 0.3) is 0 Å². The van der Waals surface area contributed by atoms with Crippen molar-refractivity contribution in [3.05, 3.63) is 0 Å². The summed E-state index contributed by atoms with van der Waals surface area (Å²) < 4.78 is 5.12. The molecule has 2 unspecified atom stereocenters. The number of urea groups is 1. The molecule has 8 heteroatoms. The minimum atomic E-state index is -1.43. The Hall–Kier alpha value is -1.83. The summed E-state index contributed by atoms with van der Waals surface area (Å²) in [4.78, 5) is 32.5. The molecule has 18 heavy (non-hydrogen) atoms. The van der Waals surface area contributed by atoms with E-state index in [0.29, 0.717) is 19.8 Å². The number of ether oxygens (including phenoxy) is 1. The number of aliphatic carboxylic acids is 2. The van der Waals surface area contributed by atoms with E-state index in [2.05, 4.69) is 10.6 Å². The van der Waals surface area contributed by atoms with Crippen LogP contribution in [0.15, 0.2) is 0 Å². The van der Waals surface area contributed by atoms with Gasteiger partial charge in [-0.3, -0.25) is 4.79 Å². The molecule has 1 aliphatic heterocycles. The molecule has 0 aromatic carbocycles. The molecule has 1 aliphatic rings. The average molecular weight is 260 g/mol. The zero-order valence-corrected chi connectivity index (χ0v) is 9.72. The number of carbonyl (C=O) groups is 3. The molecule has 8 nitrogen and oxygen atoms in total. The van der Waals surface area contributed by atoms with Crippen LogP contribution in [0.3, 0.4) is 0 Å². The SMILES string of the molecule is O=C(O)CC(NC(=O)NCC1CCOC1)C(=O)O. The van der Waals surface area contributed by atoms with Crippen molar-refractivity contribution in [2.24, 2.45) is 5.92 Å². The second-order valence-corrected chi connectivity index (χ2v) is 4.07. The first-order valence-electron chi connectivity index (χ1n) is 5.55. The Morgan fingerprint density at radius 1 is 1.33 bits per heavy atom. The fourth-order valence-corrected chi connectivity index (χ4v) is 1.57. The molecule has 102 valence electrons. The lowest BCUT2D eigenvalue weighted by molar-refractivity contribution is -0.145. The van der Waals surface area contributed by atoms with Gasteiger partial charge in [0.2, 0.25) is 0 Å². The summed E-state index contributed by atoms with van der Waals surface area (Å²) in [5.41, 5.74) is 0. The van der Waals surface area contributed by atoms with Gasteiger partial charge >= 0.3 is 18.0 Å². The molecule has 2 atom stereocenters. The summed E-state index contributed by atoms with van der Waals surface area (Å²) in [6.45, 7) is 1.60. The van der Waals surface area contributed by atoms with Crippen molar-refractivity contribution in [1.29, 1.82) is 0 Å². The number of nitrogens with one attached hydrogen (secondary N) is 2. The zero-order valence-electron chi connectivity index (χ0n) is 9.72. The molecule has 1 saturated heterocycles. The third kappa shape index (κ3) is 5.00.